The Morgan fingerprint density at radius 1 is 1.59 bits per heavy atom. The van der Waals surface area contributed by atoms with Crippen molar-refractivity contribution in [3.8, 4) is 0 Å². The van der Waals surface area contributed by atoms with Gasteiger partial charge in [-0.2, -0.15) is 0 Å². The highest BCUT2D eigenvalue weighted by Crippen LogP contribution is 2.17. The highest BCUT2D eigenvalue weighted by molar-refractivity contribution is 5.37. The van der Waals surface area contributed by atoms with Gasteiger partial charge < -0.3 is 11.2 Å². The third-order valence-electron chi connectivity index (χ3n) is 2.89. The number of likely N-dealkylation sites (tertiary alicyclic amines) is 1. The number of nitrogens with one attached hydrogen (secondary N) is 2. The lowest BCUT2D eigenvalue weighted by atomic mass is 10.1. The summed E-state index contributed by atoms with van der Waals surface area (Å²) >= 11 is 0. The summed E-state index contributed by atoms with van der Waals surface area (Å²) in [6.07, 6.45) is 1.06. The molecule has 0 amide bonds. The fourth-order valence-corrected chi connectivity index (χ4v) is 1.97. The number of hydrogen-bond acceptors (Lipinski definition) is 5. The van der Waals surface area contributed by atoms with Gasteiger partial charge in [0.15, 0.2) is 0 Å². The zero-order valence-corrected chi connectivity index (χ0v) is 10.8. The second kappa shape index (κ2) is 6.54. The average molecular weight is 237 g/mol. The van der Waals surface area contributed by atoms with Gasteiger partial charge in [0.2, 0.25) is 0 Å². The summed E-state index contributed by atoms with van der Waals surface area (Å²) in [4.78, 5) is 6.31. The van der Waals surface area contributed by atoms with Crippen molar-refractivity contribution in [1.29, 1.82) is 0 Å². The lowest BCUT2D eigenvalue weighted by molar-refractivity contribution is 0.362. The Morgan fingerprint density at radius 2 is 2.29 bits per heavy atom. The molecule has 0 aliphatic carbocycles. The monoisotopic (exact) mass is 237 g/mol. The van der Waals surface area contributed by atoms with Crippen LogP contribution in [0, 0.1) is 0 Å². The standard InChI is InChI=1S/C12H23N5/c1-9(2)11(12(14-3)16-15-4)8-17-6-5-10(13)7-17/h10,15-16H,1,3,5-8,13H2,2,4H3/b12-11-. The Hall–Kier alpha value is -1.17. The predicted molar refractivity (Wildman–Crippen MR) is 72.6 cm³/mol. The quantitative estimate of drug-likeness (QED) is 0.351. The molecule has 0 aromatic rings. The van der Waals surface area contributed by atoms with Crippen LogP contribution in [-0.2, 0) is 0 Å². The van der Waals surface area contributed by atoms with Crippen LogP contribution in [0.25, 0.3) is 0 Å². The van der Waals surface area contributed by atoms with Gasteiger partial charge >= 0.3 is 0 Å². The van der Waals surface area contributed by atoms with Crippen LogP contribution in [-0.4, -0.2) is 44.3 Å². The highest BCUT2D eigenvalue weighted by atomic mass is 15.4. The summed E-state index contributed by atoms with van der Waals surface area (Å²) in [5.74, 6) is 0.737. The number of nitrogens with zero attached hydrogens (tertiary/aromatic N) is 2. The van der Waals surface area contributed by atoms with Gasteiger partial charge in [-0.3, -0.25) is 4.90 Å². The molecular formula is C12H23N5. The maximum atomic E-state index is 5.90. The minimum atomic E-state index is 0.291. The first-order chi connectivity index (χ1) is 8.08. The van der Waals surface area contributed by atoms with E-state index < -0.39 is 0 Å². The molecule has 1 aliphatic heterocycles. The van der Waals surface area contributed by atoms with E-state index in [4.69, 9.17) is 5.73 Å². The molecule has 0 aromatic heterocycles. The van der Waals surface area contributed by atoms with Crippen LogP contribution >= 0.6 is 0 Å². The summed E-state index contributed by atoms with van der Waals surface area (Å²) < 4.78 is 0. The van der Waals surface area contributed by atoms with Gasteiger partial charge in [0.25, 0.3) is 0 Å². The first-order valence-electron chi connectivity index (χ1n) is 5.85. The normalized spacial score (nSPS) is 22.2. The molecule has 96 valence electrons. The van der Waals surface area contributed by atoms with Crippen molar-refractivity contribution in [3.05, 3.63) is 23.5 Å². The molecule has 0 aromatic carbocycles. The molecule has 1 atom stereocenters. The van der Waals surface area contributed by atoms with E-state index in [0.717, 1.165) is 43.0 Å². The summed E-state index contributed by atoms with van der Waals surface area (Å²) in [7, 11) is 1.80. The Morgan fingerprint density at radius 3 is 2.71 bits per heavy atom. The summed E-state index contributed by atoms with van der Waals surface area (Å²) in [6, 6.07) is 0.291. The van der Waals surface area contributed by atoms with E-state index in [-0.39, 0.29) is 0 Å². The molecule has 1 rings (SSSR count). The van der Waals surface area contributed by atoms with E-state index in [1.54, 1.807) is 7.05 Å². The highest BCUT2D eigenvalue weighted by Gasteiger charge is 2.21. The van der Waals surface area contributed by atoms with Gasteiger partial charge in [-0.25, -0.2) is 10.4 Å². The van der Waals surface area contributed by atoms with Crippen LogP contribution in [0.1, 0.15) is 13.3 Å². The third-order valence-corrected chi connectivity index (χ3v) is 2.89. The van der Waals surface area contributed by atoms with Crippen molar-refractivity contribution in [2.75, 3.05) is 26.7 Å². The van der Waals surface area contributed by atoms with Crippen LogP contribution in [0.2, 0.25) is 0 Å². The molecule has 0 bridgehead atoms. The van der Waals surface area contributed by atoms with Crippen LogP contribution in [0.15, 0.2) is 28.5 Å². The largest absolute Gasteiger partial charge is 0.326 e. The number of nitrogens with two attached hydrogens (primary N) is 1. The van der Waals surface area contributed by atoms with E-state index >= 15 is 0 Å². The first-order valence-corrected chi connectivity index (χ1v) is 5.85. The van der Waals surface area contributed by atoms with Crippen molar-refractivity contribution in [2.45, 2.75) is 19.4 Å². The molecule has 1 aliphatic rings. The molecule has 4 N–H and O–H groups in total. The molecular weight excluding hydrogens is 214 g/mol. The van der Waals surface area contributed by atoms with Crippen LogP contribution in [0.4, 0.5) is 0 Å². The van der Waals surface area contributed by atoms with E-state index in [1.165, 1.54) is 0 Å². The molecule has 1 unspecified atom stereocenters. The average Bonchev–Trinajstić information content (AvgIpc) is 2.69. The zero-order valence-electron chi connectivity index (χ0n) is 10.8. The Balaban J connectivity index is 2.78. The molecule has 1 fully saturated rings. The molecule has 5 heteroatoms. The number of hydrogen-bond donors (Lipinski definition) is 3. The zero-order chi connectivity index (χ0) is 12.8. The maximum Gasteiger partial charge on any atom is 0.144 e. The van der Waals surface area contributed by atoms with Crippen molar-refractivity contribution >= 4 is 6.72 Å². The molecule has 17 heavy (non-hydrogen) atoms. The summed E-state index contributed by atoms with van der Waals surface area (Å²) in [5.41, 5.74) is 13.8. The first kappa shape index (κ1) is 13.9. The predicted octanol–water partition coefficient (Wildman–Crippen LogP) is 0.232. The topological polar surface area (TPSA) is 65.7 Å². The number of aliphatic imine (C=N–C) groups is 1. The molecule has 5 nitrogen and oxygen atoms in total. The lowest BCUT2D eigenvalue weighted by Gasteiger charge is -2.20. The lowest BCUT2D eigenvalue weighted by Crippen LogP contribution is -2.32. The maximum absolute atomic E-state index is 5.90. The third kappa shape index (κ3) is 3.96. The van der Waals surface area contributed by atoms with Crippen molar-refractivity contribution in [1.82, 2.24) is 15.8 Å². The summed E-state index contributed by atoms with van der Waals surface area (Å²) in [6.45, 7) is 12.3. The van der Waals surface area contributed by atoms with Crippen molar-refractivity contribution in [3.63, 3.8) is 0 Å². The summed E-state index contributed by atoms with van der Waals surface area (Å²) in [5, 5.41) is 0. The second-order valence-corrected chi connectivity index (χ2v) is 4.42. The minimum Gasteiger partial charge on any atom is -0.326 e. The van der Waals surface area contributed by atoms with Gasteiger partial charge in [0, 0.05) is 38.3 Å². The van der Waals surface area contributed by atoms with E-state index in [0.29, 0.717) is 6.04 Å². The van der Waals surface area contributed by atoms with Gasteiger partial charge in [0.1, 0.15) is 5.82 Å². The molecule has 1 saturated heterocycles. The number of rotatable bonds is 6. The van der Waals surface area contributed by atoms with Crippen LogP contribution < -0.4 is 16.6 Å². The Kier molecular flexibility index (Phi) is 5.34. The fourth-order valence-electron chi connectivity index (χ4n) is 1.97. The minimum absolute atomic E-state index is 0.291. The second-order valence-electron chi connectivity index (χ2n) is 4.42. The fraction of sp³-hybridized carbons (Fsp3) is 0.583. The molecule has 0 saturated carbocycles. The van der Waals surface area contributed by atoms with E-state index in [9.17, 15) is 0 Å². The van der Waals surface area contributed by atoms with Gasteiger partial charge in [-0.15, -0.1) is 0 Å². The van der Waals surface area contributed by atoms with Crippen molar-refractivity contribution < 1.29 is 0 Å². The Bertz CT molecular complexity index is 321. The van der Waals surface area contributed by atoms with Crippen molar-refractivity contribution in [2.24, 2.45) is 10.7 Å². The van der Waals surface area contributed by atoms with Crippen LogP contribution in [0.5, 0.6) is 0 Å². The van der Waals surface area contributed by atoms with E-state index in [1.807, 2.05) is 6.92 Å². The SMILES string of the molecule is C=N/C(NNC)=C(\CN1CCC(N)C1)C(=C)C. The Labute approximate surface area is 103 Å². The van der Waals surface area contributed by atoms with Gasteiger partial charge in [0.05, 0.1) is 0 Å². The van der Waals surface area contributed by atoms with Gasteiger partial charge in [-0.05, 0) is 20.1 Å². The van der Waals surface area contributed by atoms with Crippen LogP contribution in [0.3, 0.4) is 0 Å². The molecule has 0 radical (unpaired) electrons. The molecule has 1 heterocycles. The van der Waals surface area contributed by atoms with E-state index in [2.05, 4.69) is 34.0 Å². The number of hydrazine groups is 1. The smallest absolute Gasteiger partial charge is 0.144 e. The molecule has 0 spiro atoms. The van der Waals surface area contributed by atoms with Gasteiger partial charge in [-0.1, -0.05) is 12.2 Å².